The number of rotatable bonds is 7. The lowest BCUT2D eigenvalue weighted by Crippen LogP contribution is -2.54. The number of methoxy groups -OCH3 is 1. The van der Waals surface area contributed by atoms with E-state index in [-0.39, 0.29) is 53.3 Å². The maximum absolute atomic E-state index is 15.6. The van der Waals surface area contributed by atoms with E-state index >= 15 is 4.39 Å². The Morgan fingerprint density at radius 3 is 2.55 bits per heavy atom. The standard InChI is InChI=1S/C26H28Cl2F2N4O4/c1-14-11-34(12-15(2)32-14)23-20(30)9-18-22(25(23)37-3)33(7-6-29)13-21(24(18)35)38-26(36)31-10-16-4-5-17(27)8-19(16)28/h4-5,8-9,13-15,32H,6-7,10-12H2,1-3H3,(H,31,36). The summed E-state index contributed by atoms with van der Waals surface area (Å²) < 4.78 is 41.4. The molecule has 12 heteroatoms. The van der Waals surface area contributed by atoms with Crippen molar-refractivity contribution < 1.29 is 23.0 Å². The van der Waals surface area contributed by atoms with Crippen LogP contribution in [-0.4, -0.2) is 49.6 Å². The third-order valence-corrected chi connectivity index (χ3v) is 6.84. The average molecular weight is 569 g/mol. The molecule has 0 aliphatic carbocycles. The minimum Gasteiger partial charge on any atom is -0.492 e. The van der Waals surface area contributed by atoms with Gasteiger partial charge in [0.1, 0.15) is 12.4 Å². The molecule has 1 aliphatic rings. The summed E-state index contributed by atoms with van der Waals surface area (Å²) >= 11 is 12.0. The van der Waals surface area contributed by atoms with Crippen LogP contribution in [0.1, 0.15) is 19.4 Å². The molecule has 1 aromatic heterocycles. The molecule has 0 bridgehead atoms. The highest BCUT2D eigenvalue weighted by molar-refractivity contribution is 6.35. The number of piperazine rings is 1. The van der Waals surface area contributed by atoms with Gasteiger partial charge in [0.25, 0.3) is 0 Å². The summed E-state index contributed by atoms with van der Waals surface area (Å²) in [5, 5.41) is 6.59. The third-order valence-electron chi connectivity index (χ3n) is 6.26. The minimum atomic E-state index is -0.938. The van der Waals surface area contributed by atoms with Crippen LogP contribution in [0, 0.1) is 5.82 Å². The number of pyridine rings is 1. The maximum atomic E-state index is 15.6. The van der Waals surface area contributed by atoms with E-state index in [9.17, 15) is 14.0 Å². The number of carbonyl (C=O) groups is 1. The molecule has 1 saturated heterocycles. The van der Waals surface area contributed by atoms with E-state index in [0.29, 0.717) is 28.7 Å². The Morgan fingerprint density at radius 1 is 1.21 bits per heavy atom. The number of hydrogen-bond donors (Lipinski definition) is 2. The van der Waals surface area contributed by atoms with Gasteiger partial charge in [-0.2, -0.15) is 0 Å². The zero-order chi connectivity index (χ0) is 27.6. The SMILES string of the molecule is COc1c(N2CC(C)NC(C)C2)c(F)cc2c(=O)c(OC(=O)NCc3ccc(Cl)cc3Cl)cn(CCF)c12. The molecule has 4 rings (SSSR count). The van der Waals surface area contributed by atoms with Crippen LogP contribution in [0.25, 0.3) is 10.9 Å². The number of hydrogen-bond acceptors (Lipinski definition) is 6. The van der Waals surface area contributed by atoms with E-state index in [1.807, 2.05) is 18.7 Å². The lowest BCUT2D eigenvalue weighted by Gasteiger charge is -2.38. The monoisotopic (exact) mass is 568 g/mol. The quantitative estimate of drug-likeness (QED) is 0.421. The topological polar surface area (TPSA) is 84.8 Å². The lowest BCUT2D eigenvalue weighted by atomic mass is 10.1. The van der Waals surface area contributed by atoms with Crippen molar-refractivity contribution in [3.8, 4) is 11.5 Å². The zero-order valence-electron chi connectivity index (χ0n) is 21.1. The number of benzene rings is 2. The second kappa shape index (κ2) is 11.8. The maximum Gasteiger partial charge on any atom is 0.413 e. The molecule has 0 radical (unpaired) electrons. The number of amides is 1. The molecule has 0 spiro atoms. The van der Waals surface area contributed by atoms with Gasteiger partial charge in [-0.25, -0.2) is 13.6 Å². The van der Waals surface area contributed by atoms with Crippen LogP contribution in [0.2, 0.25) is 10.0 Å². The molecule has 0 saturated carbocycles. The molecular formula is C26H28Cl2F2N4O4. The lowest BCUT2D eigenvalue weighted by molar-refractivity contribution is 0.199. The van der Waals surface area contributed by atoms with Crippen molar-refractivity contribution in [1.82, 2.24) is 15.2 Å². The molecule has 8 nitrogen and oxygen atoms in total. The van der Waals surface area contributed by atoms with Crippen LogP contribution >= 0.6 is 23.2 Å². The van der Waals surface area contributed by atoms with Crippen molar-refractivity contribution in [3.05, 3.63) is 62.1 Å². The van der Waals surface area contributed by atoms with Crippen molar-refractivity contribution in [2.24, 2.45) is 0 Å². The van der Waals surface area contributed by atoms with Gasteiger partial charge in [0.15, 0.2) is 17.3 Å². The van der Waals surface area contributed by atoms with Gasteiger partial charge < -0.3 is 29.6 Å². The summed E-state index contributed by atoms with van der Waals surface area (Å²) in [5.74, 6) is -0.942. The van der Waals surface area contributed by atoms with Crippen molar-refractivity contribution in [3.63, 3.8) is 0 Å². The van der Waals surface area contributed by atoms with Crippen molar-refractivity contribution >= 4 is 45.9 Å². The number of halogens is 4. The van der Waals surface area contributed by atoms with Gasteiger partial charge in [-0.1, -0.05) is 29.3 Å². The molecule has 38 heavy (non-hydrogen) atoms. The Hall–Kier alpha value is -3.08. The molecule has 2 atom stereocenters. The van der Waals surface area contributed by atoms with Crippen LogP contribution < -0.4 is 30.4 Å². The second-order valence-corrected chi connectivity index (χ2v) is 10.0. The molecule has 3 aromatic rings. The smallest absolute Gasteiger partial charge is 0.413 e. The molecule has 2 heterocycles. The molecule has 2 aromatic carbocycles. The second-order valence-electron chi connectivity index (χ2n) is 9.19. The highest BCUT2D eigenvalue weighted by Gasteiger charge is 2.29. The van der Waals surface area contributed by atoms with Gasteiger partial charge in [0.2, 0.25) is 5.43 Å². The summed E-state index contributed by atoms with van der Waals surface area (Å²) in [6.45, 7) is 4.05. The minimum absolute atomic E-state index is 0.00837. The average Bonchev–Trinajstić information content (AvgIpc) is 2.85. The van der Waals surface area contributed by atoms with Crippen molar-refractivity contribution in [2.45, 2.75) is 39.0 Å². The largest absolute Gasteiger partial charge is 0.492 e. The predicted molar refractivity (Wildman–Crippen MR) is 144 cm³/mol. The van der Waals surface area contributed by atoms with Gasteiger partial charge in [-0.05, 0) is 37.6 Å². The van der Waals surface area contributed by atoms with Crippen LogP contribution in [0.3, 0.4) is 0 Å². The molecule has 2 N–H and O–H groups in total. The normalized spacial score (nSPS) is 17.5. The number of carbonyl (C=O) groups excluding carboxylic acids is 1. The van der Waals surface area contributed by atoms with Gasteiger partial charge in [0, 0.05) is 41.8 Å². The van der Waals surface area contributed by atoms with E-state index in [0.717, 1.165) is 6.07 Å². The molecule has 2 unspecified atom stereocenters. The number of ether oxygens (including phenoxy) is 2. The Kier molecular flexibility index (Phi) is 8.64. The van der Waals surface area contributed by atoms with Crippen LogP contribution in [0.4, 0.5) is 19.3 Å². The van der Waals surface area contributed by atoms with Crippen LogP contribution in [0.15, 0.2) is 35.3 Å². The fraction of sp³-hybridized carbons (Fsp3) is 0.385. The highest BCUT2D eigenvalue weighted by atomic mass is 35.5. The van der Waals surface area contributed by atoms with E-state index in [1.165, 1.54) is 23.9 Å². The molecular weight excluding hydrogens is 541 g/mol. The number of aromatic nitrogens is 1. The van der Waals surface area contributed by atoms with E-state index < -0.39 is 24.0 Å². The summed E-state index contributed by atoms with van der Waals surface area (Å²) in [5.41, 5.74) is 0.252. The van der Waals surface area contributed by atoms with Gasteiger partial charge >= 0.3 is 6.09 Å². The predicted octanol–water partition coefficient (Wildman–Crippen LogP) is 4.90. The summed E-state index contributed by atoms with van der Waals surface area (Å²) in [4.78, 5) is 27.7. The first-order chi connectivity index (χ1) is 18.1. The van der Waals surface area contributed by atoms with Gasteiger partial charge in [-0.15, -0.1) is 0 Å². The molecule has 204 valence electrons. The third kappa shape index (κ3) is 5.82. The number of nitrogens with one attached hydrogen (secondary N) is 2. The molecule has 1 fully saturated rings. The number of aryl methyl sites for hydroxylation is 1. The first-order valence-corrected chi connectivity index (χ1v) is 12.8. The summed E-state index contributed by atoms with van der Waals surface area (Å²) in [7, 11) is 1.37. The first kappa shape index (κ1) is 27.9. The van der Waals surface area contributed by atoms with E-state index in [2.05, 4.69) is 10.6 Å². The number of nitrogens with zero attached hydrogens (tertiary/aromatic N) is 2. The van der Waals surface area contributed by atoms with Gasteiger partial charge in [-0.3, -0.25) is 4.79 Å². The van der Waals surface area contributed by atoms with Gasteiger partial charge in [0.05, 0.1) is 30.8 Å². The Morgan fingerprint density at radius 2 is 1.92 bits per heavy atom. The Labute approximate surface area is 228 Å². The number of fused-ring (bicyclic) bond motifs is 1. The first-order valence-electron chi connectivity index (χ1n) is 12.0. The fourth-order valence-electron chi connectivity index (χ4n) is 4.77. The zero-order valence-corrected chi connectivity index (χ0v) is 22.6. The molecule has 1 amide bonds. The summed E-state index contributed by atoms with van der Waals surface area (Å²) in [6.07, 6.45) is 0.291. The summed E-state index contributed by atoms with van der Waals surface area (Å²) in [6, 6.07) is 6.04. The Balaban J connectivity index is 1.71. The molecule has 1 aliphatic heterocycles. The van der Waals surface area contributed by atoms with E-state index in [4.69, 9.17) is 32.7 Å². The van der Waals surface area contributed by atoms with Crippen molar-refractivity contribution in [1.29, 1.82) is 0 Å². The van der Waals surface area contributed by atoms with Crippen molar-refractivity contribution in [2.75, 3.05) is 31.8 Å². The van der Waals surface area contributed by atoms with Crippen LogP contribution in [-0.2, 0) is 13.1 Å². The Bertz CT molecular complexity index is 1410. The fourth-order valence-corrected chi connectivity index (χ4v) is 5.24. The number of anilines is 1. The number of alkyl halides is 1. The van der Waals surface area contributed by atoms with Crippen LogP contribution in [0.5, 0.6) is 11.5 Å². The highest BCUT2D eigenvalue weighted by Crippen LogP contribution is 2.39. The van der Waals surface area contributed by atoms with E-state index in [1.54, 1.807) is 12.1 Å².